The van der Waals surface area contributed by atoms with Crippen molar-refractivity contribution in [1.29, 1.82) is 0 Å². The molecule has 3 aromatic rings. The molecule has 1 aromatic carbocycles. The first kappa shape index (κ1) is 21.8. The number of hydrogen-bond acceptors (Lipinski definition) is 8. The van der Waals surface area contributed by atoms with E-state index >= 15 is 0 Å². The minimum absolute atomic E-state index is 0.0306. The van der Waals surface area contributed by atoms with Gasteiger partial charge in [0.05, 0.1) is 11.7 Å². The zero-order valence-corrected chi connectivity index (χ0v) is 18.4. The van der Waals surface area contributed by atoms with Gasteiger partial charge in [-0.1, -0.05) is 17.8 Å². The molecule has 1 amide bonds. The molecule has 0 saturated carbocycles. The lowest BCUT2D eigenvalue weighted by molar-refractivity contribution is -0.139. The number of aromatic nitrogens is 2. The van der Waals surface area contributed by atoms with E-state index in [-0.39, 0.29) is 24.6 Å². The van der Waals surface area contributed by atoms with E-state index in [9.17, 15) is 14.4 Å². The van der Waals surface area contributed by atoms with Crippen LogP contribution < -0.4 is 15.1 Å². The Labute approximate surface area is 188 Å². The Morgan fingerprint density at radius 1 is 1.19 bits per heavy atom. The molecule has 4 rings (SSSR count). The van der Waals surface area contributed by atoms with Gasteiger partial charge in [0, 0.05) is 37.1 Å². The van der Waals surface area contributed by atoms with Gasteiger partial charge in [-0.05, 0) is 43.2 Å². The van der Waals surface area contributed by atoms with Gasteiger partial charge < -0.3 is 14.1 Å². The Hall–Kier alpha value is -3.46. The molecule has 9 heteroatoms. The first-order chi connectivity index (χ1) is 15.4. The van der Waals surface area contributed by atoms with Crippen LogP contribution in [0.1, 0.15) is 23.3 Å². The third-order valence-electron chi connectivity index (χ3n) is 5.21. The van der Waals surface area contributed by atoms with Gasteiger partial charge in [-0.25, -0.2) is 9.97 Å². The summed E-state index contributed by atoms with van der Waals surface area (Å²) in [5.41, 5.74) is 2.47. The summed E-state index contributed by atoms with van der Waals surface area (Å²) in [5.74, 6) is -0.875. The molecule has 8 nitrogen and oxygen atoms in total. The van der Waals surface area contributed by atoms with Crippen LogP contribution in [-0.4, -0.2) is 28.4 Å². The van der Waals surface area contributed by atoms with Crippen molar-refractivity contribution in [2.75, 3.05) is 11.4 Å². The van der Waals surface area contributed by atoms with Crippen LogP contribution in [-0.2, 0) is 15.3 Å². The van der Waals surface area contributed by atoms with E-state index in [4.69, 9.17) is 9.15 Å². The number of carbonyl (C=O) groups excluding carboxylic acids is 2. The van der Waals surface area contributed by atoms with E-state index in [1.54, 1.807) is 23.4 Å². The molecule has 1 aliphatic rings. The van der Waals surface area contributed by atoms with Gasteiger partial charge in [0.15, 0.2) is 5.16 Å². The summed E-state index contributed by atoms with van der Waals surface area (Å²) in [6.07, 6.45) is 4.41. The number of anilines is 1. The third kappa shape index (κ3) is 4.88. The maximum absolute atomic E-state index is 12.6. The van der Waals surface area contributed by atoms with Crippen LogP contribution in [0.4, 0.5) is 5.69 Å². The average molecular weight is 452 g/mol. The summed E-state index contributed by atoms with van der Waals surface area (Å²) >= 11 is 1.32. The number of aryl methyl sites for hydroxylation is 2. The molecule has 1 unspecified atom stereocenters. The fourth-order valence-corrected chi connectivity index (χ4v) is 3.98. The van der Waals surface area contributed by atoms with Crippen molar-refractivity contribution in [1.82, 2.24) is 9.97 Å². The maximum Gasteiger partial charge on any atom is 0.316 e. The second-order valence-electron chi connectivity index (χ2n) is 7.49. The Kier molecular flexibility index (Phi) is 6.36. The molecule has 0 N–H and O–H groups in total. The van der Waals surface area contributed by atoms with E-state index in [0.29, 0.717) is 16.7 Å². The molecule has 0 spiro atoms. The number of rotatable bonds is 6. The minimum Gasteiger partial charge on any atom is -0.464 e. The quantitative estimate of drug-likeness (QED) is 0.320. The smallest absolute Gasteiger partial charge is 0.316 e. The predicted octanol–water partition coefficient (Wildman–Crippen LogP) is 3.30. The fraction of sp³-hybridized carbons (Fsp3) is 0.261. The Balaban J connectivity index is 1.38. The van der Waals surface area contributed by atoms with Crippen molar-refractivity contribution >= 4 is 29.3 Å². The fourth-order valence-electron chi connectivity index (χ4n) is 3.28. The van der Waals surface area contributed by atoms with Crippen molar-refractivity contribution in [2.24, 2.45) is 5.92 Å². The third-order valence-corrected chi connectivity index (χ3v) is 6.11. The van der Waals surface area contributed by atoms with Crippen molar-refractivity contribution in [2.45, 2.75) is 31.2 Å². The van der Waals surface area contributed by atoms with Crippen molar-refractivity contribution in [3.63, 3.8) is 0 Å². The molecule has 1 atom stereocenters. The van der Waals surface area contributed by atoms with E-state index in [1.165, 1.54) is 17.8 Å². The summed E-state index contributed by atoms with van der Waals surface area (Å²) in [6.45, 7) is 4.17. The SMILES string of the molecule is Cc1ccc(N2CC(C(=O)Oc3coc(CSc4ncccn4)cc3=O)CC2=O)cc1C. The highest BCUT2D eigenvalue weighted by Crippen LogP contribution is 2.28. The van der Waals surface area contributed by atoms with Gasteiger partial charge in [0.1, 0.15) is 12.0 Å². The molecule has 1 aliphatic heterocycles. The van der Waals surface area contributed by atoms with E-state index in [1.807, 2.05) is 32.0 Å². The van der Waals surface area contributed by atoms with Crippen LogP contribution in [0.25, 0.3) is 0 Å². The Bertz CT molecular complexity index is 1210. The summed E-state index contributed by atoms with van der Waals surface area (Å²) < 4.78 is 10.7. The van der Waals surface area contributed by atoms with Gasteiger partial charge in [0.2, 0.25) is 17.1 Å². The van der Waals surface area contributed by atoms with Gasteiger partial charge in [-0.2, -0.15) is 0 Å². The van der Waals surface area contributed by atoms with Crippen molar-refractivity contribution in [3.05, 3.63) is 76.1 Å². The molecule has 0 bridgehead atoms. The van der Waals surface area contributed by atoms with Crippen LogP contribution in [0.2, 0.25) is 0 Å². The second kappa shape index (κ2) is 9.35. The van der Waals surface area contributed by atoms with E-state index in [2.05, 4.69) is 9.97 Å². The lowest BCUT2D eigenvalue weighted by Gasteiger charge is -2.17. The first-order valence-corrected chi connectivity index (χ1v) is 11.0. The van der Waals surface area contributed by atoms with Crippen LogP contribution in [0.15, 0.2) is 63.4 Å². The molecule has 1 saturated heterocycles. The minimum atomic E-state index is -0.658. The Morgan fingerprint density at radius 2 is 1.97 bits per heavy atom. The molecule has 164 valence electrons. The Morgan fingerprint density at radius 3 is 2.69 bits per heavy atom. The highest BCUT2D eigenvalue weighted by Gasteiger charge is 2.36. The van der Waals surface area contributed by atoms with Gasteiger partial charge in [0.25, 0.3) is 0 Å². The number of esters is 1. The highest BCUT2D eigenvalue weighted by atomic mass is 32.2. The van der Waals surface area contributed by atoms with Crippen LogP contribution in [0.3, 0.4) is 0 Å². The molecule has 1 fully saturated rings. The van der Waals surface area contributed by atoms with Crippen LogP contribution in [0, 0.1) is 19.8 Å². The average Bonchev–Trinajstić information content (AvgIpc) is 3.18. The maximum atomic E-state index is 12.6. The standard InChI is InChI=1S/C23H21N3O5S/c1-14-4-5-17(8-15(14)2)26-11-16(9-21(26)28)22(29)31-20-12-30-18(10-19(20)27)13-32-23-24-6-3-7-25-23/h3-8,10,12,16H,9,11,13H2,1-2H3. The largest absolute Gasteiger partial charge is 0.464 e. The molecule has 32 heavy (non-hydrogen) atoms. The van der Waals surface area contributed by atoms with Gasteiger partial charge >= 0.3 is 5.97 Å². The van der Waals surface area contributed by atoms with Crippen LogP contribution in [0.5, 0.6) is 5.75 Å². The first-order valence-electron chi connectivity index (χ1n) is 10.0. The van der Waals surface area contributed by atoms with E-state index < -0.39 is 17.3 Å². The number of ether oxygens (including phenoxy) is 1. The number of nitrogens with zero attached hydrogens (tertiary/aromatic N) is 3. The topological polar surface area (TPSA) is 103 Å². The normalized spacial score (nSPS) is 15.8. The van der Waals surface area contributed by atoms with Crippen LogP contribution >= 0.6 is 11.8 Å². The molecule has 2 aromatic heterocycles. The summed E-state index contributed by atoms with van der Waals surface area (Å²) in [4.78, 5) is 47.2. The van der Waals surface area contributed by atoms with Crippen molar-refractivity contribution in [3.8, 4) is 5.75 Å². The second-order valence-corrected chi connectivity index (χ2v) is 8.43. The number of hydrogen-bond donors (Lipinski definition) is 0. The summed E-state index contributed by atoms with van der Waals surface area (Å²) in [7, 11) is 0. The number of carbonyl (C=O) groups is 2. The number of amides is 1. The zero-order chi connectivity index (χ0) is 22.7. The summed E-state index contributed by atoms with van der Waals surface area (Å²) in [6, 6.07) is 8.72. The molecule has 3 heterocycles. The van der Waals surface area contributed by atoms with Crippen molar-refractivity contribution < 1.29 is 18.7 Å². The zero-order valence-electron chi connectivity index (χ0n) is 17.6. The lowest BCUT2D eigenvalue weighted by Crippen LogP contribution is -2.28. The van der Waals surface area contributed by atoms with Gasteiger partial charge in [-0.3, -0.25) is 14.4 Å². The monoisotopic (exact) mass is 451 g/mol. The highest BCUT2D eigenvalue weighted by molar-refractivity contribution is 7.98. The number of thioether (sulfide) groups is 1. The number of benzene rings is 1. The molecular formula is C23H21N3O5S. The molecule has 0 radical (unpaired) electrons. The summed E-state index contributed by atoms with van der Waals surface area (Å²) in [5, 5.41) is 0.560. The van der Waals surface area contributed by atoms with E-state index in [0.717, 1.165) is 23.1 Å². The van der Waals surface area contributed by atoms with Gasteiger partial charge in [-0.15, -0.1) is 0 Å². The lowest BCUT2D eigenvalue weighted by atomic mass is 10.1. The molecule has 0 aliphatic carbocycles. The molecular weight excluding hydrogens is 430 g/mol. The predicted molar refractivity (Wildman–Crippen MR) is 119 cm³/mol.